The number of nitrogens with zero attached hydrogens (tertiary/aromatic N) is 2. The molecule has 0 aromatic rings. The maximum Gasteiger partial charge on any atom is 0.193 e. The van der Waals surface area contributed by atoms with Crippen LogP contribution in [0.1, 0.15) is 32.6 Å². The lowest BCUT2D eigenvalue weighted by atomic mass is 10.1. The van der Waals surface area contributed by atoms with Crippen molar-refractivity contribution in [2.75, 3.05) is 53.1 Å². The Labute approximate surface area is 134 Å². The predicted molar refractivity (Wildman–Crippen MR) is 87.4 cm³/mol. The van der Waals surface area contributed by atoms with Gasteiger partial charge in [0.05, 0.1) is 25.4 Å². The van der Waals surface area contributed by atoms with Crippen LogP contribution in [0.5, 0.6) is 0 Å². The summed E-state index contributed by atoms with van der Waals surface area (Å²) >= 11 is 0. The zero-order chi connectivity index (χ0) is 15.6. The van der Waals surface area contributed by atoms with Crippen LogP contribution in [-0.2, 0) is 14.2 Å². The van der Waals surface area contributed by atoms with E-state index in [9.17, 15) is 0 Å². The molecule has 2 aliphatic rings. The van der Waals surface area contributed by atoms with Gasteiger partial charge in [-0.05, 0) is 32.6 Å². The number of aliphatic imine (C=N–C) groups is 1. The molecule has 6 nitrogen and oxygen atoms in total. The van der Waals surface area contributed by atoms with Gasteiger partial charge in [-0.3, -0.25) is 4.99 Å². The Hall–Kier alpha value is -0.850. The second-order valence-corrected chi connectivity index (χ2v) is 5.83. The Balaban J connectivity index is 1.57. The van der Waals surface area contributed by atoms with E-state index in [4.69, 9.17) is 14.2 Å². The lowest BCUT2D eigenvalue weighted by Gasteiger charge is -2.34. The lowest BCUT2D eigenvalue weighted by molar-refractivity contribution is 0.0183. The molecule has 0 spiro atoms. The van der Waals surface area contributed by atoms with Gasteiger partial charge in [0.25, 0.3) is 0 Å². The Morgan fingerprint density at radius 2 is 2.14 bits per heavy atom. The molecule has 0 amide bonds. The molecule has 0 aromatic heterocycles. The van der Waals surface area contributed by atoms with E-state index in [1.807, 2.05) is 7.05 Å². The van der Waals surface area contributed by atoms with E-state index in [-0.39, 0.29) is 0 Å². The molecule has 1 N–H and O–H groups in total. The number of rotatable bonds is 7. The highest BCUT2D eigenvalue weighted by Crippen LogP contribution is 2.14. The zero-order valence-corrected chi connectivity index (χ0v) is 14.1. The van der Waals surface area contributed by atoms with Gasteiger partial charge >= 0.3 is 0 Å². The molecule has 1 unspecified atom stereocenters. The summed E-state index contributed by atoms with van der Waals surface area (Å²) in [5.74, 6) is 0.968. The summed E-state index contributed by atoms with van der Waals surface area (Å²) in [5, 5.41) is 3.38. The van der Waals surface area contributed by atoms with Crippen LogP contribution in [0.4, 0.5) is 0 Å². The third-order valence-electron chi connectivity index (χ3n) is 4.21. The highest BCUT2D eigenvalue weighted by atomic mass is 16.5. The average molecular weight is 313 g/mol. The second-order valence-electron chi connectivity index (χ2n) is 5.83. The smallest absolute Gasteiger partial charge is 0.193 e. The van der Waals surface area contributed by atoms with Gasteiger partial charge in [0.15, 0.2) is 5.96 Å². The number of piperidine rings is 1. The minimum absolute atomic E-state index is 0.303. The molecule has 0 aromatic carbocycles. The number of ether oxygens (including phenoxy) is 3. The quantitative estimate of drug-likeness (QED) is 0.436. The Morgan fingerprint density at radius 3 is 2.77 bits per heavy atom. The minimum atomic E-state index is 0.303. The highest BCUT2D eigenvalue weighted by Gasteiger charge is 2.21. The summed E-state index contributed by atoms with van der Waals surface area (Å²) in [7, 11) is 1.84. The molecule has 0 radical (unpaired) electrons. The summed E-state index contributed by atoms with van der Waals surface area (Å²) in [6, 6.07) is 0. The zero-order valence-electron chi connectivity index (χ0n) is 14.1. The molecule has 0 aliphatic carbocycles. The third-order valence-corrected chi connectivity index (χ3v) is 4.21. The van der Waals surface area contributed by atoms with E-state index in [0.717, 1.165) is 64.5 Å². The molecule has 0 bridgehead atoms. The van der Waals surface area contributed by atoms with E-state index < -0.39 is 0 Å². The van der Waals surface area contributed by atoms with Gasteiger partial charge in [-0.2, -0.15) is 0 Å². The minimum Gasteiger partial charge on any atom is -0.378 e. The van der Waals surface area contributed by atoms with Gasteiger partial charge in [-0.1, -0.05) is 0 Å². The van der Waals surface area contributed by atoms with Crippen molar-refractivity contribution in [3.05, 3.63) is 0 Å². The maximum atomic E-state index is 5.69. The lowest BCUT2D eigenvalue weighted by Crippen LogP contribution is -2.47. The summed E-state index contributed by atoms with van der Waals surface area (Å²) in [6.07, 6.45) is 5.15. The van der Waals surface area contributed by atoms with E-state index in [1.165, 1.54) is 0 Å². The van der Waals surface area contributed by atoms with Gasteiger partial charge in [-0.25, -0.2) is 0 Å². The molecule has 2 rings (SSSR count). The van der Waals surface area contributed by atoms with Crippen molar-refractivity contribution in [3.63, 3.8) is 0 Å². The standard InChI is InChI=1S/C16H31N3O3/c1-3-21-14-6-9-19(10-7-14)16(17-2)18-8-12-20-13-15-5-4-11-22-15/h14-15H,3-13H2,1-2H3,(H,17,18). The summed E-state index contributed by atoms with van der Waals surface area (Å²) in [4.78, 5) is 6.67. The van der Waals surface area contributed by atoms with Gasteiger partial charge < -0.3 is 24.4 Å². The number of hydrogen-bond acceptors (Lipinski definition) is 4. The van der Waals surface area contributed by atoms with E-state index in [2.05, 4.69) is 22.1 Å². The normalized spacial score (nSPS) is 24.0. The molecule has 0 saturated carbocycles. The number of hydrogen-bond donors (Lipinski definition) is 1. The van der Waals surface area contributed by atoms with E-state index in [1.54, 1.807) is 0 Å². The molecular formula is C16H31N3O3. The average Bonchev–Trinajstić information content (AvgIpc) is 3.06. The third kappa shape index (κ3) is 5.74. The highest BCUT2D eigenvalue weighted by molar-refractivity contribution is 5.79. The maximum absolute atomic E-state index is 5.69. The Kier molecular flexibility index (Phi) is 7.98. The van der Waals surface area contributed by atoms with Crippen molar-refractivity contribution in [1.82, 2.24) is 10.2 Å². The number of guanidine groups is 1. The first-order valence-corrected chi connectivity index (χ1v) is 8.60. The SMILES string of the molecule is CCOC1CCN(C(=NC)NCCOCC2CCCO2)CC1. The van der Waals surface area contributed by atoms with Gasteiger partial charge in [0, 0.05) is 39.9 Å². The first kappa shape index (κ1) is 17.5. The van der Waals surface area contributed by atoms with Crippen molar-refractivity contribution < 1.29 is 14.2 Å². The van der Waals surface area contributed by atoms with Crippen molar-refractivity contribution in [2.24, 2.45) is 4.99 Å². The molecular weight excluding hydrogens is 282 g/mol. The first-order chi connectivity index (χ1) is 10.8. The van der Waals surface area contributed by atoms with Crippen molar-refractivity contribution in [2.45, 2.75) is 44.8 Å². The van der Waals surface area contributed by atoms with E-state index >= 15 is 0 Å². The van der Waals surface area contributed by atoms with Gasteiger partial charge in [0.1, 0.15) is 0 Å². The van der Waals surface area contributed by atoms with Crippen LogP contribution in [0.25, 0.3) is 0 Å². The molecule has 1 atom stereocenters. The summed E-state index contributed by atoms with van der Waals surface area (Å²) < 4.78 is 16.9. The molecule has 2 heterocycles. The largest absolute Gasteiger partial charge is 0.378 e. The van der Waals surface area contributed by atoms with Crippen molar-refractivity contribution in [1.29, 1.82) is 0 Å². The molecule has 22 heavy (non-hydrogen) atoms. The van der Waals surface area contributed by atoms with Crippen LogP contribution >= 0.6 is 0 Å². The number of nitrogens with one attached hydrogen (secondary N) is 1. The fourth-order valence-electron chi connectivity index (χ4n) is 3.03. The number of likely N-dealkylation sites (tertiary alicyclic amines) is 1. The molecule has 6 heteroatoms. The van der Waals surface area contributed by atoms with Crippen LogP contribution in [0, 0.1) is 0 Å². The first-order valence-electron chi connectivity index (χ1n) is 8.60. The summed E-state index contributed by atoms with van der Waals surface area (Å²) in [6.45, 7) is 7.93. The fraction of sp³-hybridized carbons (Fsp3) is 0.938. The van der Waals surface area contributed by atoms with Crippen molar-refractivity contribution in [3.8, 4) is 0 Å². The fourth-order valence-corrected chi connectivity index (χ4v) is 3.03. The van der Waals surface area contributed by atoms with Crippen LogP contribution in [0.3, 0.4) is 0 Å². The van der Waals surface area contributed by atoms with Gasteiger partial charge in [-0.15, -0.1) is 0 Å². The monoisotopic (exact) mass is 313 g/mol. The molecule has 128 valence electrons. The van der Waals surface area contributed by atoms with Gasteiger partial charge in [0.2, 0.25) is 0 Å². The second kappa shape index (κ2) is 10.0. The van der Waals surface area contributed by atoms with Crippen LogP contribution in [0.15, 0.2) is 4.99 Å². The predicted octanol–water partition coefficient (Wildman–Crippen LogP) is 1.26. The Bertz CT molecular complexity index is 325. The van der Waals surface area contributed by atoms with Crippen LogP contribution in [-0.4, -0.2) is 76.2 Å². The van der Waals surface area contributed by atoms with Crippen molar-refractivity contribution >= 4 is 5.96 Å². The Morgan fingerprint density at radius 1 is 1.32 bits per heavy atom. The topological polar surface area (TPSA) is 55.3 Å². The molecule has 2 saturated heterocycles. The summed E-state index contributed by atoms with van der Waals surface area (Å²) in [5.41, 5.74) is 0. The molecule has 2 fully saturated rings. The van der Waals surface area contributed by atoms with Crippen LogP contribution < -0.4 is 5.32 Å². The van der Waals surface area contributed by atoms with E-state index in [0.29, 0.717) is 25.4 Å². The molecule has 2 aliphatic heterocycles. The van der Waals surface area contributed by atoms with Crippen LogP contribution in [0.2, 0.25) is 0 Å².